The van der Waals surface area contributed by atoms with E-state index in [1.807, 2.05) is 30.3 Å². The molecule has 2 heterocycles. The fourth-order valence-electron chi connectivity index (χ4n) is 2.50. The first-order valence-electron chi connectivity index (χ1n) is 7.63. The maximum atomic E-state index is 11.3. The standard InChI is InChI=1S/C15H18N6O3/c16-13-12(21(22)23)14(17-9-11-7-4-8-24-11)20-15(19-13)18-10-5-2-1-3-6-10/h1-3,5-6,11H,4,7-9H2,(H4,16,17,18,19,20)/t11-/m0/s1. The quantitative estimate of drug-likeness (QED) is 0.543. The Labute approximate surface area is 138 Å². The third kappa shape index (κ3) is 3.69. The molecule has 1 saturated heterocycles. The molecule has 1 aromatic heterocycles. The number of ether oxygens (including phenoxy) is 1. The van der Waals surface area contributed by atoms with Crippen LogP contribution in [0.2, 0.25) is 0 Å². The summed E-state index contributed by atoms with van der Waals surface area (Å²) in [6, 6.07) is 9.26. The minimum absolute atomic E-state index is 0.0197. The van der Waals surface area contributed by atoms with Crippen molar-refractivity contribution < 1.29 is 9.66 Å². The number of hydrogen-bond donors (Lipinski definition) is 3. The highest BCUT2D eigenvalue weighted by Gasteiger charge is 2.24. The lowest BCUT2D eigenvalue weighted by atomic mass is 10.2. The maximum absolute atomic E-state index is 11.3. The van der Waals surface area contributed by atoms with Gasteiger partial charge in [0.2, 0.25) is 17.6 Å². The minimum atomic E-state index is -0.584. The largest absolute Gasteiger partial charge is 0.378 e. The number of para-hydroxylation sites is 1. The second-order valence-corrected chi connectivity index (χ2v) is 5.39. The van der Waals surface area contributed by atoms with E-state index in [4.69, 9.17) is 10.5 Å². The molecule has 0 bridgehead atoms. The van der Waals surface area contributed by atoms with Gasteiger partial charge in [-0.05, 0) is 25.0 Å². The molecule has 2 aromatic rings. The Morgan fingerprint density at radius 1 is 1.33 bits per heavy atom. The van der Waals surface area contributed by atoms with E-state index in [0.29, 0.717) is 13.2 Å². The highest BCUT2D eigenvalue weighted by molar-refractivity contribution is 5.71. The molecule has 0 unspecified atom stereocenters. The number of nitrogen functional groups attached to an aromatic ring is 1. The van der Waals surface area contributed by atoms with Crippen LogP contribution in [0.5, 0.6) is 0 Å². The van der Waals surface area contributed by atoms with Crippen LogP contribution in [0.15, 0.2) is 30.3 Å². The molecule has 24 heavy (non-hydrogen) atoms. The zero-order chi connectivity index (χ0) is 16.9. The molecule has 1 aliphatic heterocycles. The Morgan fingerprint density at radius 3 is 2.79 bits per heavy atom. The van der Waals surface area contributed by atoms with Crippen LogP contribution in [-0.4, -0.2) is 34.1 Å². The van der Waals surface area contributed by atoms with Crippen molar-refractivity contribution in [3.8, 4) is 0 Å². The summed E-state index contributed by atoms with van der Waals surface area (Å²) in [5.74, 6) is 0.0869. The number of rotatable bonds is 6. The van der Waals surface area contributed by atoms with Gasteiger partial charge >= 0.3 is 5.69 Å². The van der Waals surface area contributed by atoms with E-state index in [-0.39, 0.29) is 29.4 Å². The normalized spacial score (nSPS) is 16.8. The topological polar surface area (TPSA) is 128 Å². The zero-order valence-corrected chi connectivity index (χ0v) is 12.9. The van der Waals surface area contributed by atoms with Crippen molar-refractivity contribution in [3.05, 3.63) is 40.4 Å². The van der Waals surface area contributed by atoms with Crippen molar-refractivity contribution >= 4 is 29.0 Å². The SMILES string of the molecule is Nc1nc(Nc2ccccc2)nc(NC[C@@H]2CCCO2)c1[N+](=O)[O-]. The van der Waals surface area contributed by atoms with E-state index in [0.717, 1.165) is 18.5 Å². The summed E-state index contributed by atoms with van der Waals surface area (Å²) in [6.07, 6.45) is 1.92. The predicted molar refractivity (Wildman–Crippen MR) is 90.3 cm³/mol. The van der Waals surface area contributed by atoms with Crippen molar-refractivity contribution in [2.75, 3.05) is 29.5 Å². The summed E-state index contributed by atoms with van der Waals surface area (Å²) in [5.41, 5.74) is 6.19. The van der Waals surface area contributed by atoms with Gasteiger partial charge in [0.25, 0.3) is 0 Å². The summed E-state index contributed by atoms with van der Waals surface area (Å²) in [5, 5.41) is 17.2. The summed E-state index contributed by atoms with van der Waals surface area (Å²) >= 11 is 0. The van der Waals surface area contributed by atoms with Gasteiger partial charge in [0.15, 0.2) is 0 Å². The second kappa shape index (κ2) is 7.09. The summed E-state index contributed by atoms with van der Waals surface area (Å²) in [6.45, 7) is 1.14. The van der Waals surface area contributed by atoms with Crippen molar-refractivity contribution in [2.45, 2.75) is 18.9 Å². The van der Waals surface area contributed by atoms with Crippen LogP contribution in [-0.2, 0) is 4.74 Å². The molecule has 3 rings (SSSR count). The van der Waals surface area contributed by atoms with Crippen LogP contribution in [0.25, 0.3) is 0 Å². The van der Waals surface area contributed by atoms with Gasteiger partial charge in [-0.3, -0.25) is 10.1 Å². The first kappa shape index (κ1) is 15.9. The van der Waals surface area contributed by atoms with Crippen molar-refractivity contribution in [3.63, 3.8) is 0 Å². The van der Waals surface area contributed by atoms with Gasteiger partial charge in [-0.25, -0.2) is 0 Å². The van der Waals surface area contributed by atoms with Gasteiger partial charge in [0.1, 0.15) is 0 Å². The van der Waals surface area contributed by atoms with E-state index in [1.54, 1.807) is 0 Å². The maximum Gasteiger partial charge on any atom is 0.353 e. The van der Waals surface area contributed by atoms with Crippen LogP contribution < -0.4 is 16.4 Å². The molecule has 126 valence electrons. The molecule has 0 radical (unpaired) electrons. The Hall–Kier alpha value is -2.94. The molecule has 1 fully saturated rings. The Balaban J connectivity index is 1.84. The highest BCUT2D eigenvalue weighted by atomic mass is 16.6. The van der Waals surface area contributed by atoms with Crippen LogP contribution in [0.1, 0.15) is 12.8 Å². The average Bonchev–Trinajstić information content (AvgIpc) is 3.06. The van der Waals surface area contributed by atoms with Gasteiger partial charge in [-0.2, -0.15) is 9.97 Å². The molecular formula is C15H18N6O3. The van der Waals surface area contributed by atoms with Crippen LogP contribution >= 0.6 is 0 Å². The molecule has 0 saturated carbocycles. The second-order valence-electron chi connectivity index (χ2n) is 5.39. The molecule has 4 N–H and O–H groups in total. The Kier molecular flexibility index (Phi) is 4.71. The zero-order valence-electron chi connectivity index (χ0n) is 12.9. The minimum Gasteiger partial charge on any atom is -0.378 e. The Bertz CT molecular complexity index is 719. The number of nitrogens with one attached hydrogen (secondary N) is 2. The first-order valence-corrected chi connectivity index (χ1v) is 7.63. The van der Waals surface area contributed by atoms with Crippen molar-refractivity contribution in [2.24, 2.45) is 0 Å². The van der Waals surface area contributed by atoms with E-state index < -0.39 is 4.92 Å². The molecule has 0 amide bonds. The summed E-state index contributed by atoms with van der Waals surface area (Å²) < 4.78 is 5.51. The van der Waals surface area contributed by atoms with Crippen LogP contribution in [0, 0.1) is 10.1 Å². The lowest BCUT2D eigenvalue weighted by Gasteiger charge is -2.13. The fourth-order valence-corrected chi connectivity index (χ4v) is 2.50. The van der Waals surface area contributed by atoms with E-state index >= 15 is 0 Å². The van der Waals surface area contributed by atoms with Crippen LogP contribution in [0.4, 0.5) is 29.0 Å². The van der Waals surface area contributed by atoms with Crippen molar-refractivity contribution in [1.82, 2.24) is 9.97 Å². The molecule has 1 aliphatic rings. The number of anilines is 4. The number of nitro groups is 1. The van der Waals surface area contributed by atoms with E-state index in [9.17, 15) is 10.1 Å². The van der Waals surface area contributed by atoms with Gasteiger partial charge in [-0.15, -0.1) is 0 Å². The van der Waals surface area contributed by atoms with E-state index in [1.165, 1.54) is 0 Å². The predicted octanol–water partition coefficient (Wildman–Crippen LogP) is 2.30. The molecule has 0 spiro atoms. The number of nitrogens with zero attached hydrogens (tertiary/aromatic N) is 3. The number of nitrogens with two attached hydrogens (primary N) is 1. The van der Waals surface area contributed by atoms with Gasteiger partial charge in [-0.1, -0.05) is 18.2 Å². The lowest BCUT2D eigenvalue weighted by Crippen LogP contribution is -2.20. The Morgan fingerprint density at radius 2 is 2.12 bits per heavy atom. The van der Waals surface area contributed by atoms with E-state index in [2.05, 4.69) is 20.6 Å². The molecular weight excluding hydrogens is 312 g/mol. The molecule has 0 aliphatic carbocycles. The summed E-state index contributed by atoms with van der Waals surface area (Å²) in [7, 11) is 0. The number of aromatic nitrogens is 2. The van der Waals surface area contributed by atoms with Crippen LogP contribution in [0.3, 0.4) is 0 Å². The smallest absolute Gasteiger partial charge is 0.353 e. The lowest BCUT2D eigenvalue weighted by molar-refractivity contribution is -0.383. The van der Waals surface area contributed by atoms with Gasteiger partial charge in [0, 0.05) is 18.8 Å². The number of benzene rings is 1. The first-order chi connectivity index (χ1) is 11.6. The molecule has 9 nitrogen and oxygen atoms in total. The molecule has 1 atom stereocenters. The number of hydrogen-bond acceptors (Lipinski definition) is 8. The van der Waals surface area contributed by atoms with Gasteiger partial charge < -0.3 is 21.1 Å². The molecule has 9 heteroatoms. The molecule has 1 aromatic carbocycles. The van der Waals surface area contributed by atoms with Gasteiger partial charge in [0.05, 0.1) is 11.0 Å². The third-order valence-corrected chi connectivity index (χ3v) is 3.64. The third-order valence-electron chi connectivity index (χ3n) is 3.64. The monoisotopic (exact) mass is 330 g/mol. The highest BCUT2D eigenvalue weighted by Crippen LogP contribution is 2.30. The average molecular weight is 330 g/mol. The summed E-state index contributed by atoms with van der Waals surface area (Å²) in [4.78, 5) is 18.9. The fraction of sp³-hybridized carbons (Fsp3) is 0.333. The van der Waals surface area contributed by atoms with Crippen molar-refractivity contribution in [1.29, 1.82) is 0 Å².